The van der Waals surface area contributed by atoms with Gasteiger partial charge < -0.3 is 4.52 Å². The summed E-state index contributed by atoms with van der Waals surface area (Å²) in [6, 6.07) is 9.92. The Labute approximate surface area is 93.8 Å². The summed E-state index contributed by atoms with van der Waals surface area (Å²) in [6.45, 7) is 1.75. The molecule has 0 aliphatic rings. The molecule has 0 amide bonds. The molecule has 1 heterocycles. The van der Waals surface area contributed by atoms with Gasteiger partial charge >= 0.3 is 0 Å². The van der Waals surface area contributed by atoms with Gasteiger partial charge in [0.1, 0.15) is 5.75 Å². The van der Waals surface area contributed by atoms with Crippen LogP contribution < -0.4 is 0 Å². The van der Waals surface area contributed by atoms with E-state index in [9.17, 15) is 8.42 Å². The summed E-state index contributed by atoms with van der Waals surface area (Å²) in [5, 5.41) is 3.66. The van der Waals surface area contributed by atoms with Crippen LogP contribution in [0.1, 0.15) is 11.5 Å². The molecule has 4 nitrogen and oxygen atoms in total. The third kappa shape index (κ3) is 2.30. The molecule has 0 bridgehead atoms. The lowest BCUT2D eigenvalue weighted by atomic mass is 10.4. The minimum atomic E-state index is -3.33. The number of nitrogens with zero attached hydrogens (tertiary/aromatic N) is 1. The molecular weight excluding hydrogens is 226 g/mol. The number of benzene rings is 1. The number of sulfone groups is 1. The minimum absolute atomic E-state index is 0.155. The van der Waals surface area contributed by atoms with Gasteiger partial charge in [-0.25, -0.2) is 8.42 Å². The summed E-state index contributed by atoms with van der Waals surface area (Å²) in [6.07, 6.45) is 0. The molecule has 0 aliphatic carbocycles. The summed E-state index contributed by atoms with van der Waals surface area (Å²) < 4.78 is 28.7. The molecule has 1 aromatic heterocycles. The predicted octanol–water partition coefficient (Wildman–Crippen LogP) is 1.96. The second kappa shape index (κ2) is 4.09. The van der Waals surface area contributed by atoms with Crippen molar-refractivity contribution in [2.24, 2.45) is 0 Å². The standard InChI is InChI=1S/C11H11NO3S/c1-9-7-10(15-12-9)8-16(13,14)11-5-3-2-4-6-11/h2-7H,8H2,1H3. The van der Waals surface area contributed by atoms with E-state index in [-0.39, 0.29) is 5.75 Å². The number of aryl methyl sites for hydroxylation is 1. The lowest BCUT2D eigenvalue weighted by Gasteiger charge is -2.00. The van der Waals surface area contributed by atoms with Crippen molar-refractivity contribution >= 4 is 9.84 Å². The molecule has 84 valence electrons. The zero-order valence-electron chi connectivity index (χ0n) is 8.75. The third-order valence-corrected chi connectivity index (χ3v) is 3.77. The maximum absolute atomic E-state index is 11.9. The third-order valence-electron chi connectivity index (χ3n) is 2.11. The van der Waals surface area contributed by atoms with Crippen molar-refractivity contribution < 1.29 is 12.9 Å². The Morgan fingerprint density at radius 3 is 2.50 bits per heavy atom. The van der Waals surface area contributed by atoms with Crippen LogP contribution in [-0.4, -0.2) is 13.6 Å². The first-order chi connectivity index (χ1) is 7.58. The minimum Gasteiger partial charge on any atom is -0.360 e. The average molecular weight is 237 g/mol. The Balaban J connectivity index is 2.28. The number of rotatable bonds is 3. The molecule has 0 N–H and O–H groups in total. The van der Waals surface area contributed by atoms with Gasteiger partial charge in [0.15, 0.2) is 15.6 Å². The van der Waals surface area contributed by atoms with Gasteiger partial charge in [-0.15, -0.1) is 0 Å². The van der Waals surface area contributed by atoms with Gasteiger partial charge in [-0.05, 0) is 19.1 Å². The number of hydrogen-bond acceptors (Lipinski definition) is 4. The lowest BCUT2D eigenvalue weighted by molar-refractivity contribution is 0.388. The molecule has 0 aliphatic heterocycles. The second-order valence-electron chi connectivity index (χ2n) is 3.51. The van der Waals surface area contributed by atoms with Crippen molar-refractivity contribution in [3.05, 3.63) is 47.9 Å². The first-order valence-electron chi connectivity index (χ1n) is 4.78. The first kappa shape index (κ1) is 10.9. The van der Waals surface area contributed by atoms with Crippen LogP contribution in [0.5, 0.6) is 0 Å². The number of hydrogen-bond donors (Lipinski definition) is 0. The van der Waals surface area contributed by atoms with E-state index in [2.05, 4.69) is 5.16 Å². The van der Waals surface area contributed by atoms with E-state index in [0.29, 0.717) is 16.3 Å². The largest absolute Gasteiger partial charge is 0.360 e. The van der Waals surface area contributed by atoms with Crippen LogP contribution in [-0.2, 0) is 15.6 Å². The molecule has 16 heavy (non-hydrogen) atoms. The predicted molar refractivity (Wildman–Crippen MR) is 58.6 cm³/mol. The van der Waals surface area contributed by atoms with Crippen molar-refractivity contribution in [1.29, 1.82) is 0 Å². The van der Waals surface area contributed by atoms with Crippen molar-refractivity contribution in [3.8, 4) is 0 Å². The number of aromatic nitrogens is 1. The molecule has 0 unspecified atom stereocenters. The molecule has 5 heteroatoms. The zero-order chi connectivity index (χ0) is 11.6. The van der Waals surface area contributed by atoms with Gasteiger partial charge in [0.2, 0.25) is 0 Å². The van der Waals surface area contributed by atoms with Gasteiger partial charge in [-0.3, -0.25) is 0 Å². The quantitative estimate of drug-likeness (QED) is 0.818. The SMILES string of the molecule is Cc1cc(CS(=O)(=O)c2ccccc2)on1. The highest BCUT2D eigenvalue weighted by Gasteiger charge is 2.17. The molecule has 0 radical (unpaired) electrons. The maximum Gasteiger partial charge on any atom is 0.185 e. The highest BCUT2D eigenvalue weighted by Crippen LogP contribution is 2.16. The monoisotopic (exact) mass is 237 g/mol. The molecule has 0 fully saturated rings. The summed E-state index contributed by atoms with van der Waals surface area (Å²) in [5.74, 6) is 0.207. The maximum atomic E-state index is 11.9. The highest BCUT2D eigenvalue weighted by molar-refractivity contribution is 7.90. The lowest BCUT2D eigenvalue weighted by Crippen LogP contribution is -2.03. The van der Waals surface area contributed by atoms with Crippen molar-refractivity contribution in [2.75, 3.05) is 0 Å². The molecule has 1 aromatic carbocycles. The Morgan fingerprint density at radius 1 is 1.25 bits per heavy atom. The van der Waals surface area contributed by atoms with Crippen LogP contribution in [0.3, 0.4) is 0 Å². The van der Waals surface area contributed by atoms with E-state index < -0.39 is 9.84 Å². The van der Waals surface area contributed by atoms with Crippen LogP contribution in [0.15, 0.2) is 45.8 Å². The molecule has 0 spiro atoms. The second-order valence-corrected chi connectivity index (χ2v) is 5.50. The summed E-state index contributed by atoms with van der Waals surface area (Å²) >= 11 is 0. The Morgan fingerprint density at radius 2 is 1.94 bits per heavy atom. The Bertz CT molecular complexity index is 572. The van der Waals surface area contributed by atoms with Crippen molar-refractivity contribution in [3.63, 3.8) is 0 Å². The van der Waals surface area contributed by atoms with Crippen LogP contribution in [0.4, 0.5) is 0 Å². The fourth-order valence-electron chi connectivity index (χ4n) is 1.38. The van der Waals surface area contributed by atoms with E-state index in [1.165, 1.54) is 0 Å². The molecular formula is C11H11NO3S. The van der Waals surface area contributed by atoms with Crippen LogP contribution >= 0.6 is 0 Å². The van der Waals surface area contributed by atoms with Gasteiger partial charge in [-0.2, -0.15) is 0 Å². The smallest absolute Gasteiger partial charge is 0.185 e. The van der Waals surface area contributed by atoms with E-state index in [1.807, 2.05) is 0 Å². The molecule has 0 atom stereocenters. The van der Waals surface area contributed by atoms with E-state index in [4.69, 9.17) is 4.52 Å². The normalized spacial score (nSPS) is 11.6. The fraction of sp³-hybridized carbons (Fsp3) is 0.182. The van der Waals surface area contributed by atoms with Crippen molar-refractivity contribution in [1.82, 2.24) is 5.16 Å². The van der Waals surface area contributed by atoms with Gasteiger partial charge in [0, 0.05) is 6.07 Å². The van der Waals surface area contributed by atoms with Crippen LogP contribution in [0, 0.1) is 6.92 Å². The zero-order valence-corrected chi connectivity index (χ0v) is 9.57. The Hall–Kier alpha value is -1.62. The fourth-order valence-corrected chi connectivity index (χ4v) is 2.63. The first-order valence-corrected chi connectivity index (χ1v) is 6.43. The topological polar surface area (TPSA) is 60.2 Å². The summed E-state index contributed by atoms with van der Waals surface area (Å²) in [5.41, 5.74) is 0.679. The molecule has 0 saturated carbocycles. The summed E-state index contributed by atoms with van der Waals surface area (Å²) in [4.78, 5) is 0.295. The van der Waals surface area contributed by atoms with E-state index in [1.54, 1.807) is 43.3 Å². The van der Waals surface area contributed by atoms with Crippen LogP contribution in [0.25, 0.3) is 0 Å². The molecule has 2 aromatic rings. The Kier molecular flexibility index (Phi) is 2.78. The molecule has 0 saturated heterocycles. The highest BCUT2D eigenvalue weighted by atomic mass is 32.2. The molecule has 2 rings (SSSR count). The van der Waals surface area contributed by atoms with E-state index >= 15 is 0 Å². The van der Waals surface area contributed by atoms with Crippen LogP contribution in [0.2, 0.25) is 0 Å². The van der Waals surface area contributed by atoms with Gasteiger partial charge in [0.25, 0.3) is 0 Å². The van der Waals surface area contributed by atoms with Gasteiger partial charge in [-0.1, -0.05) is 23.4 Å². The summed E-state index contributed by atoms with van der Waals surface area (Å²) in [7, 11) is -3.33. The van der Waals surface area contributed by atoms with Crippen molar-refractivity contribution in [2.45, 2.75) is 17.6 Å². The van der Waals surface area contributed by atoms with E-state index in [0.717, 1.165) is 0 Å². The van der Waals surface area contributed by atoms with Gasteiger partial charge in [0.05, 0.1) is 10.6 Å². The average Bonchev–Trinajstić information content (AvgIpc) is 2.64.